The van der Waals surface area contributed by atoms with Crippen LogP contribution in [0.15, 0.2) is 11.6 Å². The van der Waals surface area contributed by atoms with Gasteiger partial charge >= 0.3 is 0 Å². The number of unbranched alkanes of at least 4 members (excludes halogenated alkanes) is 1. The van der Waals surface area contributed by atoms with Crippen LogP contribution in [0.25, 0.3) is 0 Å². The predicted molar refractivity (Wildman–Crippen MR) is 71.2 cm³/mol. The van der Waals surface area contributed by atoms with Gasteiger partial charge in [-0.25, -0.2) is 0 Å². The normalized spacial score (nSPS) is 17.5. The van der Waals surface area contributed by atoms with Crippen LogP contribution in [0.3, 0.4) is 0 Å². The Labute approximate surface area is 97.2 Å². The van der Waals surface area contributed by atoms with Gasteiger partial charge in [-0.2, -0.15) is 0 Å². The Morgan fingerprint density at radius 2 is 1.93 bits per heavy atom. The first-order chi connectivity index (χ1) is 7.38. The molecule has 90 valence electrons. The van der Waals surface area contributed by atoms with E-state index in [9.17, 15) is 0 Å². The molecule has 0 heterocycles. The summed E-state index contributed by atoms with van der Waals surface area (Å²) in [6.45, 7) is 8.64. The lowest BCUT2D eigenvalue weighted by molar-refractivity contribution is 0.481. The Morgan fingerprint density at radius 1 is 1.20 bits per heavy atom. The van der Waals surface area contributed by atoms with E-state index in [2.05, 4.69) is 19.9 Å². The number of rotatable bonds is 5. The highest BCUT2D eigenvalue weighted by molar-refractivity contribution is 5.09. The summed E-state index contributed by atoms with van der Waals surface area (Å²) in [6, 6.07) is 0. The van der Waals surface area contributed by atoms with Crippen LogP contribution in [0.5, 0.6) is 0 Å². The molecule has 0 aromatic heterocycles. The SMILES string of the molecule is CC.CCCCC(CC)C1=CCCCC1. The fourth-order valence-electron chi connectivity index (χ4n) is 2.34. The van der Waals surface area contributed by atoms with Crippen LogP contribution in [0.1, 0.15) is 79.1 Å². The molecule has 0 saturated carbocycles. The van der Waals surface area contributed by atoms with Gasteiger partial charge in [0.15, 0.2) is 0 Å². The smallest absolute Gasteiger partial charge is 0.0206 e. The molecule has 0 aromatic carbocycles. The van der Waals surface area contributed by atoms with Gasteiger partial charge in [0.1, 0.15) is 0 Å². The molecule has 0 nitrogen and oxygen atoms in total. The molecule has 1 rings (SSSR count). The van der Waals surface area contributed by atoms with Crippen molar-refractivity contribution in [2.24, 2.45) is 5.92 Å². The average Bonchev–Trinajstić information content (AvgIpc) is 2.34. The van der Waals surface area contributed by atoms with Crippen LogP contribution in [0.2, 0.25) is 0 Å². The van der Waals surface area contributed by atoms with E-state index in [1.807, 2.05) is 13.8 Å². The Bertz CT molecular complexity index is 155. The third-order valence-electron chi connectivity index (χ3n) is 3.25. The van der Waals surface area contributed by atoms with Crippen molar-refractivity contribution in [3.8, 4) is 0 Å². The summed E-state index contributed by atoms with van der Waals surface area (Å²) < 4.78 is 0. The van der Waals surface area contributed by atoms with Gasteiger partial charge in [0.2, 0.25) is 0 Å². The van der Waals surface area contributed by atoms with E-state index < -0.39 is 0 Å². The van der Waals surface area contributed by atoms with Crippen LogP contribution in [0.4, 0.5) is 0 Å². The van der Waals surface area contributed by atoms with E-state index in [0.29, 0.717) is 0 Å². The molecule has 0 aromatic rings. The van der Waals surface area contributed by atoms with Gasteiger partial charge in [0.25, 0.3) is 0 Å². The minimum Gasteiger partial charge on any atom is -0.0851 e. The molecule has 1 aliphatic carbocycles. The van der Waals surface area contributed by atoms with E-state index in [1.165, 1.54) is 51.4 Å². The molecule has 0 spiro atoms. The zero-order valence-corrected chi connectivity index (χ0v) is 11.3. The zero-order valence-electron chi connectivity index (χ0n) is 11.3. The Kier molecular flexibility index (Phi) is 10.1. The second-order valence-electron chi connectivity index (χ2n) is 4.27. The fourth-order valence-corrected chi connectivity index (χ4v) is 2.34. The minimum absolute atomic E-state index is 0.917. The summed E-state index contributed by atoms with van der Waals surface area (Å²) in [7, 11) is 0. The standard InChI is InChI=1S/C13H24.C2H6/c1-3-5-9-12(4-2)13-10-7-6-8-11-13;1-2/h10,12H,3-9,11H2,1-2H3;1-2H3. The highest BCUT2D eigenvalue weighted by Gasteiger charge is 2.13. The second kappa shape index (κ2) is 10.3. The van der Waals surface area contributed by atoms with Gasteiger partial charge in [-0.3, -0.25) is 0 Å². The van der Waals surface area contributed by atoms with Gasteiger partial charge in [-0.1, -0.05) is 52.2 Å². The molecule has 0 saturated heterocycles. The van der Waals surface area contributed by atoms with Gasteiger partial charge in [-0.15, -0.1) is 0 Å². The predicted octanol–water partition coefficient (Wildman–Crippen LogP) is 5.73. The maximum absolute atomic E-state index is 2.52. The first-order valence-corrected chi connectivity index (χ1v) is 7.07. The molecule has 1 atom stereocenters. The quantitative estimate of drug-likeness (QED) is 0.508. The van der Waals surface area contributed by atoms with Gasteiger partial charge < -0.3 is 0 Å². The molecule has 0 amide bonds. The molecule has 0 heteroatoms. The van der Waals surface area contributed by atoms with Crippen molar-refractivity contribution in [2.75, 3.05) is 0 Å². The first kappa shape index (κ1) is 14.7. The lowest BCUT2D eigenvalue weighted by Crippen LogP contribution is -2.06. The van der Waals surface area contributed by atoms with Crippen molar-refractivity contribution in [1.82, 2.24) is 0 Å². The first-order valence-electron chi connectivity index (χ1n) is 7.07. The summed E-state index contributed by atoms with van der Waals surface area (Å²) in [4.78, 5) is 0. The fraction of sp³-hybridized carbons (Fsp3) is 0.867. The van der Waals surface area contributed by atoms with Crippen LogP contribution in [0, 0.1) is 5.92 Å². The van der Waals surface area contributed by atoms with Crippen LogP contribution < -0.4 is 0 Å². The van der Waals surface area contributed by atoms with E-state index in [0.717, 1.165) is 5.92 Å². The molecular weight excluding hydrogens is 180 g/mol. The molecule has 1 aliphatic rings. The number of allylic oxidation sites excluding steroid dienone is 2. The Balaban J connectivity index is 0.000000921. The van der Waals surface area contributed by atoms with Crippen molar-refractivity contribution in [3.05, 3.63) is 11.6 Å². The summed E-state index contributed by atoms with van der Waals surface area (Å²) in [6.07, 6.45) is 13.7. The molecule has 0 fully saturated rings. The van der Waals surface area contributed by atoms with Crippen LogP contribution in [-0.2, 0) is 0 Å². The third-order valence-corrected chi connectivity index (χ3v) is 3.25. The number of hydrogen-bond acceptors (Lipinski definition) is 0. The van der Waals surface area contributed by atoms with Crippen molar-refractivity contribution in [3.63, 3.8) is 0 Å². The molecule has 15 heavy (non-hydrogen) atoms. The molecule has 0 bridgehead atoms. The summed E-state index contributed by atoms with van der Waals surface area (Å²) in [5, 5.41) is 0. The molecule has 0 aliphatic heterocycles. The second-order valence-corrected chi connectivity index (χ2v) is 4.27. The van der Waals surface area contributed by atoms with E-state index in [4.69, 9.17) is 0 Å². The zero-order chi connectivity index (χ0) is 11.5. The summed E-state index contributed by atoms with van der Waals surface area (Å²) >= 11 is 0. The van der Waals surface area contributed by atoms with Gasteiger partial charge in [-0.05, 0) is 44.4 Å². The van der Waals surface area contributed by atoms with Crippen molar-refractivity contribution in [1.29, 1.82) is 0 Å². The van der Waals surface area contributed by atoms with Gasteiger partial charge in [0, 0.05) is 0 Å². The monoisotopic (exact) mass is 210 g/mol. The average molecular weight is 210 g/mol. The van der Waals surface area contributed by atoms with E-state index in [1.54, 1.807) is 5.57 Å². The molecule has 1 unspecified atom stereocenters. The largest absolute Gasteiger partial charge is 0.0851 e. The lowest BCUT2D eigenvalue weighted by atomic mass is 9.84. The Morgan fingerprint density at radius 3 is 2.40 bits per heavy atom. The molecule has 0 N–H and O–H groups in total. The summed E-state index contributed by atoms with van der Waals surface area (Å²) in [5.74, 6) is 0.917. The summed E-state index contributed by atoms with van der Waals surface area (Å²) in [5.41, 5.74) is 1.78. The maximum Gasteiger partial charge on any atom is -0.0206 e. The molecular formula is C15H30. The van der Waals surface area contributed by atoms with E-state index in [-0.39, 0.29) is 0 Å². The maximum atomic E-state index is 2.52. The lowest BCUT2D eigenvalue weighted by Gasteiger charge is -2.21. The van der Waals surface area contributed by atoms with Crippen LogP contribution >= 0.6 is 0 Å². The Hall–Kier alpha value is -0.260. The highest BCUT2D eigenvalue weighted by Crippen LogP contribution is 2.29. The minimum atomic E-state index is 0.917. The molecule has 0 radical (unpaired) electrons. The van der Waals surface area contributed by atoms with Gasteiger partial charge in [0.05, 0.1) is 0 Å². The highest BCUT2D eigenvalue weighted by atomic mass is 14.2. The van der Waals surface area contributed by atoms with Crippen LogP contribution in [-0.4, -0.2) is 0 Å². The number of hydrogen-bond donors (Lipinski definition) is 0. The van der Waals surface area contributed by atoms with Crippen molar-refractivity contribution < 1.29 is 0 Å². The van der Waals surface area contributed by atoms with E-state index >= 15 is 0 Å². The topological polar surface area (TPSA) is 0 Å². The van der Waals surface area contributed by atoms with Crippen molar-refractivity contribution in [2.45, 2.75) is 79.1 Å². The third kappa shape index (κ3) is 6.02. The van der Waals surface area contributed by atoms with Crippen molar-refractivity contribution >= 4 is 0 Å².